The molecule has 0 radical (unpaired) electrons. The fraction of sp³-hybridized carbons (Fsp3) is 0.647. The highest BCUT2D eigenvalue weighted by Gasteiger charge is 2.43. The Kier molecular flexibility index (Phi) is 5.41. The summed E-state index contributed by atoms with van der Waals surface area (Å²) >= 11 is 0. The van der Waals surface area contributed by atoms with Crippen LogP contribution in [-0.2, 0) is 16.4 Å². The average molecular weight is 376 g/mol. The zero-order chi connectivity index (χ0) is 18.1. The van der Waals surface area contributed by atoms with Crippen molar-refractivity contribution in [2.75, 3.05) is 19.6 Å². The van der Waals surface area contributed by atoms with Gasteiger partial charge in [-0.15, -0.1) is 0 Å². The van der Waals surface area contributed by atoms with E-state index in [9.17, 15) is 21.6 Å². The number of halogens is 3. The molecule has 0 aliphatic carbocycles. The Morgan fingerprint density at radius 3 is 2.20 bits per heavy atom. The van der Waals surface area contributed by atoms with E-state index in [-0.39, 0.29) is 12.1 Å². The topological polar surface area (TPSA) is 40.6 Å². The highest BCUT2D eigenvalue weighted by molar-refractivity contribution is 7.86. The van der Waals surface area contributed by atoms with Gasteiger partial charge in [-0.25, -0.2) is 0 Å². The number of nitrogens with zero attached hydrogens (tertiary/aromatic N) is 2. The Morgan fingerprint density at radius 2 is 1.56 bits per heavy atom. The maximum atomic E-state index is 13.4. The van der Waals surface area contributed by atoms with Gasteiger partial charge in [-0.05, 0) is 37.3 Å². The highest BCUT2D eigenvalue weighted by atomic mass is 32.2. The van der Waals surface area contributed by atoms with Crippen molar-refractivity contribution in [2.45, 2.75) is 50.7 Å². The molecule has 1 atom stereocenters. The van der Waals surface area contributed by atoms with Crippen molar-refractivity contribution in [3.63, 3.8) is 0 Å². The van der Waals surface area contributed by atoms with Crippen LogP contribution in [0.2, 0.25) is 0 Å². The summed E-state index contributed by atoms with van der Waals surface area (Å²) in [5, 5.41) is 0. The van der Waals surface area contributed by atoms with Crippen LogP contribution in [0.3, 0.4) is 0 Å². The minimum atomic E-state index is -4.49. The first kappa shape index (κ1) is 18.7. The maximum Gasteiger partial charge on any atom is 0.416 e. The lowest BCUT2D eigenvalue weighted by molar-refractivity contribution is -0.138. The summed E-state index contributed by atoms with van der Waals surface area (Å²) in [7, 11) is -3.75. The van der Waals surface area contributed by atoms with Crippen molar-refractivity contribution in [1.29, 1.82) is 0 Å². The first-order valence-electron chi connectivity index (χ1n) is 8.75. The molecule has 25 heavy (non-hydrogen) atoms. The SMILES string of the molecule is O=S(=O)(N1CCCCCC1)N1CCCC1c1ccccc1C(F)(F)F. The number of rotatable bonds is 3. The normalized spacial score (nSPS) is 24.4. The van der Waals surface area contributed by atoms with E-state index in [0.717, 1.165) is 31.7 Å². The number of hydrogen-bond acceptors (Lipinski definition) is 2. The van der Waals surface area contributed by atoms with Crippen LogP contribution in [0.5, 0.6) is 0 Å². The minimum absolute atomic E-state index is 0.0610. The molecule has 140 valence electrons. The van der Waals surface area contributed by atoms with Crippen LogP contribution in [0.4, 0.5) is 13.2 Å². The average Bonchev–Trinajstić information content (AvgIpc) is 2.89. The fourth-order valence-electron chi connectivity index (χ4n) is 3.79. The molecule has 1 unspecified atom stereocenters. The largest absolute Gasteiger partial charge is 0.416 e. The van der Waals surface area contributed by atoms with Gasteiger partial charge in [-0.3, -0.25) is 0 Å². The summed E-state index contributed by atoms with van der Waals surface area (Å²) < 4.78 is 68.9. The Morgan fingerprint density at radius 1 is 0.920 bits per heavy atom. The third-order valence-corrected chi connectivity index (χ3v) is 7.06. The second-order valence-electron chi connectivity index (χ2n) is 6.67. The van der Waals surface area contributed by atoms with Gasteiger partial charge in [0, 0.05) is 19.6 Å². The summed E-state index contributed by atoms with van der Waals surface area (Å²) in [5.41, 5.74) is -0.677. The van der Waals surface area contributed by atoms with Crippen molar-refractivity contribution < 1.29 is 21.6 Å². The quantitative estimate of drug-likeness (QED) is 0.801. The molecule has 0 bridgehead atoms. The Balaban J connectivity index is 1.93. The van der Waals surface area contributed by atoms with E-state index < -0.39 is 28.0 Å². The molecule has 2 saturated heterocycles. The van der Waals surface area contributed by atoms with Crippen LogP contribution >= 0.6 is 0 Å². The Hall–Kier alpha value is -1.12. The summed E-state index contributed by atoms with van der Waals surface area (Å²) in [6.07, 6.45) is 0.0910. The van der Waals surface area contributed by atoms with E-state index in [1.807, 2.05) is 0 Å². The van der Waals surface area contributed by atoms with E-state index in [1.165, 1.54) is 20.7 Å². The van der Waals surface area contributed by atoms with E-state index in [1.54, 1.807) is 6.07 Å². The third kappa shape index (κ3) is 3.85. The van der Waals surface area contributed by atoms with Crippen LogP contribution in [0.1, 0.15) is 55.7 Å². The molecule has 1 aromatic rings. The standard InChI is InChI=1S/C17H23F3N2O2S/c18-17(19,20)15-9-4-3-8-14(15)16-10-7-13-22(16)25(23,24)21-11-5-1-2-6-12-21/h3-4,8-9,16H,1-2,5-7,10-13H2. The van der Waals surface area contributed by atoms with Gasteiger partial charge >= 0.3 is 6.18 Å². The highest BCUT2D eigenvalue weighted by Crippen LogP contribution is 2.42. The van der Waals surface area contributed by atoms with Crippen LogP contribution in [0.15, 0.2) is 24.3 Å². The summed E-state index contributed by atoms with van der Waals surface area (Å²) in [5.74, 6) is 0. The van der Waals surface area contributed by atoms with Gasteiger partial charge in [0.1, 0.15) is 0 Å². The fourth-order valence-corrected chi connectivity index (χ4v) is 5.71. The molecule has 1 aromatic carbocycles. The van der Waals surface area contributed by atoms with Crippen molar-refractivity contribution in [3.8, 4) is 0 Å². The predicted molar refractivity (Wildman–Crippen MR) is 89.1 cm³/mol. The molecule has 0 aromatic heterocycles. The molecule has 0 spiro atoms. The van der Waals surface area contributed by atoms with Gasteiger partial charge in [-0.1, -0.05) is 31.0 Å². The van der Waals surface area contributed by atoms with Crippen molar-refractivity contribution >= 4 is 10.2 Å². The lowest BCUT2D eigenvalue weighted by atomic mass is 9.99. The lowest BCUT2D eigenvalue weighted by Gasteiger charge is -2.31. The molecule has 8 heteroatoms. The number of hydrogen-bond donors (Lipinski definition) is 0. The van der Waals surface area contributed by atoms with Gasteiger partial charge in [0.25, 0.3) is 10.2 Å². The molecule has 2 aliphatic heterocycles. The zero-order valence-corrected chi connectivity index (χ0v) is 14.8. The van der Waals surface area contributed by atoms with Gasteiger partial charge < -0.3 is 0 Å². The number of alkyl halides is 3. The van der Waals surface area contributed by atoms with Gasteiger partial charge in [0.15, 0.2) is 0 Å². The van der Waals surface area contributed by atoms with E-state index in [2.05, 4.69) is 0 Å². The Labute approximate surface area is 146 Å². The van der Waals surface area contributed by atoms with Crippen molar-refractivity contribution in [2.24, 2.45) is 0 Å². The van der Waals surface area contributed by atoms with E-state index in [0.29, 0.717) is 25.9 Å². The molecular weight excluding hydrogens is 353 g/mol. The molecule has 3 rings (SSSR count). The lowest BCUT2D eigenvalue weighted by Crippen LogP contribution is -2.44. The first-order valence-corrected chi connectivity index (χ1v) is 10.1. The van der Waals surface area contributed by atoms with Crippen LogP contribution in [0.25, 0.3) is 0 Å². The van der Waals surface area contributed by atoms with E-state index >= 15 is 0 Å². The molecule has 2 heterocycles. The molecular formula is C17H23F3N2O2S. The third-order valence-electron chi connectivity index (χ3n) is 5.02. The van der Waals surface area contributed by atoms with Gasteiger partial charge in [0.05, 0.1) is 11.6 Å². The summed E-state index contributed by atoms with van der Waals surface area (Å²) in [4.78, 5) is 0. The number of benzene rings is 1. The van der Waals surface area contributed by atoms with E-state index in [4.69, 9.17) is 0 Å². The van der Waals surface area contributed by atoms with Crippen LogP contribution in [-0.4, -0.2) is 36.7 Å². The molecule has 0 amide bonds. The van der Waals surface area contributed by atoms with Crippen molar-refractivity contribution in [3.05, 3.63) is 35.4 Å². The second kappa shape index (κ2) is 7.25. The first-order chi connectivity index (χ1) is 11.8. The Bertz CT molecular complexity index is 698. The van der Waals surface area contributed by atoms with Crippen molar-refractivity contribution in [1.82, 2.24) is 8.61 Å². The second-order valence-corrected chi connectivity index (χ2v) is 8.56. The summed E-state index contributed by atoms with van der Waals surface area (Å²) in [6.45, 7) is 1.18. The smallest absolute Gasteiger partial charge is 0.195 e. The molecule has 2 aliphatic rings. The molecule has 4 nitrogen and oxygen atoms in total. The minimum Gasteiger partial charge on any atom is -0.195 e. The van der Waals surface area contributed by atoms with Gasteiger partial charge in [-0.2, -0.15) is 30.2 Å². The van der Waals surface area contributed by atoms with Gasteiger partial charge in [0.2, 0.25) is 0 Å². The molecule has 0 N–H and O–H groups in total. The van der Waals surface area contributed by atoms with Crippen LogP contribution < -0.4 is 0 Å². The zero-order valence-electron chi connectivity index (χ0n) is 14.0. The monoisotopic (exact) mass is 376 g/mol. The predicted octanol–water partition coefficient (Wildman–Crippen LogP) is 3.96. The molecule has 2 fully saturated rings. The van der Waals surface area contributed by atoms with Crippen LogP contribution in [0, 0.1) is 0 Å². The maximum absolute atomic E-state index is 13.4. The summed E-state index contributed by atoms with van der Waals surface area (Å²) in [6, 6.07) is 4.58. The molecule has 0 saturated carbocycles.